The molecule has 32 heavy (non-hydrogen) atoms. The number of rotatable bonds is 7. The van der Waals surface area contributed by atoms with Crippen molar-refractivity contribution in [2.45, 2.75) is 50.6 Å². The van der Waals surface area contributed by atoms with Crippen LogP contribution in [0.2, 0.25) is 0 Å². The van der Waals surface area contributed by atoms with Crippen LogP contribution < -0.4 is 0 Å². The standard InChI is InChI=1S/C25H26F3NO3/c26-25(27,28)21-12-10-18(11-13-21)15-24(31)22(32-17-20-8-2-1-3-9-20)14-23(30)29(24)16-19-6-4-5-7-19/h1-3,8-14,19,31H,4-7,15-17H2. The van der Waals surface area contributed by atoms with E-state index in [-0.39, 0.29) is 24.7 Å². The Morgan fingerprint density at radius 2 is 1.66 bits per heavy atom. The molecule has 7 heteroatoms. The van der Waals surface area contributed by atoms with Crippen molar-refractivity contribution in [2.24, 2.45) is 5.92 Å². The predicted molar refractivity (Wildman–Crippen MR) is 113 cm³/mol. The van der Waals surface area contributed by atoms with Gasteiger partial charge in [0, 0.05) is 19.0 Å². The summed E-state index contributed by atoms with van der Waals surface area (Å²) in [5, 5.41) is 11.7. The van der Waals surface area contributed by atoms with Gasteiger partial charge in [0.2, 0.25) is 5.72 Å². The number of hydrogen-bond acceptors (Lipinski definition) is 3. The molecule has 0 spiro atoms. The van der Waals surface area contributed by atoms with E-state index in [9.17, 15) is 23.1 Å². The van der Waals surface area contributed by atoms with Gasteiger partial charge in [0.15, 0.2) is 5.76 Å². The zero-order valence-corrected chi connectivity index (χ0v) is 17.6. The molecule has 4 rings (SSSR count). The third-order valence-corrected chi connectivity index (χ3v) is 6.25. The van der Waals surface area contributed by atoms with Crippen LogP contribution in [-0.2, 0) is 28.7 Å². The minimum absolute atomic E-state index is 0.0514. The van der Waals surface area contributed by atoms with Crippen LogP contribution in [0.1, 0.15) is 42.4 Å². The molecule has 1 saturated carbocycles. The van der Waals surface area contributed by atoms with Crippen molar-refractivity contribution < 1.29 is 27.8 Å². The SMILES string of the molecule is O=C1C=C(OCc2ccccc2)C(O)(Cc2ccc(C(F)(F)F)cc2)N1CC1CCCC1. The van der Waals surface area contributed by atoms with Gasteiger partial charge in [0.05, 0.1) is 5.56 Å². The van der Waals surface area contributed by atoms with Gasteiger partial charge in [-0.15, -0.1) is 0 Å². The number of nitrogens with zero attached hydrogens (tertiary/aromatic N) is 1. The molecule has 1 fully saturated rings. The molecule has 170 valence electrons. The molecule has 1 heterocycles. The van der Waals surface area contributed by atoms with Crippen LogP contribution in [-0.4, -0.2) is 28.2 Å². The number of carbonyl (C=O) groups excluding carboxylic acids is 1. The summed E-state index contributed by atoms with van der Waals surface area (Å²) in [4.78, 5) is 14.3. The molecule has 1 aliphatic heterocycles. The van der Waals surface area contributed by atoms with E-state index in [1.54, 1.807) is 0 Å². The van der Waals surface area contributed by atoms with Crippen molar-refractivity contribution >= 4 is 5.91 Å². The van der Waals surface area contributed by atoms with Gasteiger partial charge in [0.25, 0.3) is 5.91 Å². The summed E-state index contributed by atoms with van der Waals surface area (Å²) in [7, 11) is 0. The number of aliphatic hydroxyl groups is 1. The number of benzene rings is 2. The Kier molecular flexibility index (Phi) is 6.29. The molecule has 0 aromatic heterocycles. The Bertz CT molecular complexity index is 966. The minimum Gasteiger partial charge on any atom is -0.488 e. The van der Waals surface area contributed by atoms with Crippen molar-refractivity contribution in [3.63, 3.8) is 0 Å². The summed E-state index contributed by atoms with van der Waals surface area (Å²) in [6, 6.07) is 14.0. The van der Waals surface area contributed by atoms with E-state index in [1.807, 2.05) is 30.3 Å². The monoisotopic (exact) mass is 445 g/mol. The molecule has 0 saturated heterocycles. The Balaban J connectivity index is 1.57. The van der Waals surface area contributed by atoms with Crippen molar-refractivity contribution in [2.75, 3.05) is 6.54 Å². The van der Waals surface area contributed by atoms with Crippen molar-refractivity contribution in [3.8, 4) is 0 Å². The van der Waals surface area contributed by atoms with Gasteiger partial charge in [-0.25, -0.2) is 0 Å². The highest BCUT2D eigenvalue weighted by molar-refractivity contribution is 5.92. The maximum atomic E-state index is 12.9. The summed E-state index contributed by atoms with van der Waals surface area (Å²) in [6.07, 6.45) is 0.980. The highest BCUT2D eigenvalue weighted by atomic mass is 19.4. The molecular formula is C25H26F3NO3. The number of halogens is 3. The summed E-state index contributed by atoms with van der Waals surface area (Å²) >= 11 is 0. The van der Waals surface area contributed by atoms with Gasteiger partial charge < -0.3 is 14.7 Å². The van der Waals surface area contributed by atoms with E-state index in [4.69, 9.17) is 4.74 Å². The Labute approximate surface area is 185 Å². The zero-order valence-electron chi connectivity index (χ0n) is 17.6. The molecule has 0 bridgehead atoms. The Morgan fingerprint density at radius 1 is 1.00 bits per heavy atom. The fourth-order valence-corrected chi connectivity index (χ4v) is 4.48. The molecule has 1 aliphatic carbocycles. The molecule has 1 atom stereocenters. The highest BCUT2D eigenvalue weighted by Crippen LogP contribution is 2.37. The lowest BCUT2D eigenvalue weighted by molar-refractivity contribution is -0.149. The molecular weight excluding hydrogens is 419 g/mol. The fraction of sp³-hybridized carbons (Fsp3) is 0.400. The number of alkyl halides is 3. The van der Waals surface area contributed by atoms with Gasteiger partial charge in [0.1, 0.15) is 6.61 Å². The smallest absolute Gasteiger partial charge is 0.416 e. The summed E-state index contributed by atoms with van der Waals surface area (Å²) in [5.74, 6) is 0.0820. The molecule has 4 nitrogen and oxygen atoms in total. The summed E-state index contributed by atoms with van der Waals surface area (Å²) in [5.41, 5.74) is -1.13. The van der Waals surface area contributed by atoms with Crippen LogP contribution in [0.5, 0.6) is 0 Å². The topological polar surface area (TPSA) is 49.8 Å². The molecule has 2 aliphatic rings. The maximum absolute atomic E-state index is 12.9. The first-order valence-electron chi connectivity index (χ1n) is 10.8. The second kappa shape index (κ2) is 8.98. The number of carbonyl (C=O) groups is 1. The number of ether oxygens (including phenoxy) is 1. The lowest BCUT2D eigenvalue weighted by Gasteiger charge is -2.37. The van der Waals surface area contributed by atoms with Crippen LogP contribution in [0, 0.1) is 5.92 Å². The average Bonchev–Trinajstić information content (AvgIpc) is 3.35. The highest BCUT2D eigenvalue weighted by Gasteiger charge is 2.48. The zero-order chi connectivity index (χ0) is 22.8. The Hall–Kier alpha value is -2.80. The van der Waals surface area contributed by atoms with Crippen LogP contribution >= 0.6 is 0 Å². The first-order valence-corrected chi connectivity index (χ1v) is 10.8. The van der Waals surface area contributed by atoms with Gasteiger partial charge in [-0.2, -0.15) is 13.2 Å². The average molecular weight is 445 g/mol. The summed E-state index contributed by atoms with van der Waals surface area (Å²) < 4.78 is 44.7. The Morgan fingerprint density at radius 3 is 2.28 bits per heavy atom. The predicted octanol–water partition coefficient (Wildman–Crippen LogP) is 5.07. The van der Waals surface area contributed by atoms with Gasteiger partial charge in [-0.05, 0) is 42.0 Å². The molecule has 2 aromatic rings. The number of hydrogen-bond donors (Lipinski definition) is 1. The van der Waals surface area contributed by atoms with E-state index in [0.29, 0.717) is 18.0 Å². The van der Waals surface area contributed by atoms with E-state index < -0.39 is 17.5 Å². The molecule has 1 unspecified atom stereocenters. The van der Waals surface area contributed by atoms with Gasteiger partial charge in [-0.1, -0.05) is 55.3 Å². The van der Waals surface area contributed by atoms with Crippen molar-refractivity contribution in [1.82, 2.24) is 4.90 Å². The first-order chi connectivity index (χ1) is 15.3. The van der Waals surface area contributed by atoms with Crippen LogP contribution in [0.15, 0.2) is 66.4 Å². The van der Waals surface area contributed by atoms with Crippen LogP contribution in [0.3, 0.4) is 0 Å². The second-order valence-electron chi connectivity index (χ2n) is 8.57. The van der Waals surface area contributed by atoms with Crippen LogP contribution in [0.25, 0.3) is 0 Å². The van der Waals surface area contributed by atoms with E-state index in [0.717, 1.165) is 43.4 Å². The fourth-order valence-electron chi connectivity index (χ4n) is 4.48. The third kappa shape index (κ3) is 4.83. The largest absolute Gasteiger partial charge is 0.488 e. The molecule has 1 amide bonds. The van der Waals surface area contributed by atoms with Gasteiger partial charge >= 0.3 is 6.18 Å². The van der Waals surface area contributed by atoms with Crippen molar-refractivity contribution in [1.29, 1.82) is 0 Å². The lowest BCUT2D eigenvalue weighted by Crippen LogP contribution is -2.52. The van der Waals surface area contributed by atoms with E-state index in [1.165, 1.54) is 23.1 Å². The molecule has 2 aromatic carbocycles. The molecule has 1 N–H and O–H groups in total. The normalized spacial score (nSPS) is 21.8. The van der Waals surface area contributed by atoms with Gasteiger partial charge in [-0.3, -0.25) is 4.79 Å². The first kappa shape index (κ1) is 22.4. The quantitative estimate of drug-likeness (QED) is 0.648. The summed E-state index contributed by atoms with van der Waals surface area (Å²) in [6.45, 7) is 0.567. The number of amides is 1. The molecule has 0 radical (unpaired) electrons. The minimum atomic E-state index is -4.43. The maximum Gasteiger partial charge on any atom is 0.416 e. The second-order valence-corrected chi connectivity index (χ2v) is 8.57. The lowest BCUT2D eigenvalue weighted by atomic mass is 9.98. The van der Waals surface area contributed by atoms with Crippen molar-refractivity contribution in [3.05, 3.63) is 83.1 Å². The van der Waals surface area contributed by atoms with E-state index in [2.05, 4.69) is 0 Å². The third-order valence-electron chi connectivity index (χ3n) is 6.25. The van der Waals surface area contributed by atoms with E-state index >= 15 is 0 Å². The van der Waals surface area contributed by atoms with Crippen LogP contribution in [0.4, 0.5) is 13.2 Å².